The van der Waals surface area contributed by atoms with Crippen LogP contribution in [-0.4, -0.2) is 0 Å². The van der Waals surface area contributed by atoms with Gasteiger partial charge in [0.15, 0.2) is 0 Å². The Kier molecular flexibility index (Phi) is 3.65. The average molecular weight is 329 g/mol. The van der Waals surface area contributed by atoms with Crippen LogP contribution in [0.5, 0.6) is 0 Å². The Hall–Kier alpha value is -0.540. The molecule has 0 unspecified atom stereocenters. The van der Waals surface area contributed by atoms with Crippen molar-refractivity contribution in [2.24, 2.45) is 0 Å². The van der Waals surface area contributed by atoms with Crippen molar-refractivity contribution in [1.82, 2.24) is 0 Å². The highest BCUT2D eigenvalue weighted by molar-refractivity contribution is 14.1. The maximum absolute atomic E-state index is 6.10. The van der Waals surface area contributed by atoms with Crippen LogP contribution in [0.4, 0.5) is 0 Å². The van der Waals surface area contributed by atoms with E-state index < -0.39 is 0 Å². The Balaban J connectivity index is 2.22. The van der Waals surface area contributed by atoms with Gasteiger partial charge in [-0.3, -0.25) is 0 Å². The van der Waals surface area contributed by atoms with Gasteiger partial charge in [0.05, 0.1) is 0 Å². The molecule has 0 aliphatic heterocycles. The van der Waals surface area contributed by atoms with Crippen molar-refractivity contribution in [2.75, 3.05) is 0 Å². The van der Waals surface area contributed by atoms with Crippen LogP contribution in [0, 0.1) is 3.57 Å². The fourth-order valence-corrected chi connectivity index (χ4v) is 2.03. The molecule has 0 N–H and O–H groups in total. The van der Waals surface area contributed by atoms with Gasteiger partial charge in [-0.25, -0.2) is 0 Å². The van der Waals surface area contributed by atoms with Gasteiger partial charge in [0, 0.05) is 8.59 Å². The molecule has 0 nitrogen and oxygen atoms in total. The summed E-state index contributed by atoms with van der Waals surface area (Å²) in [7, 11) is 0. The van der Waals surface area contributed by atoms with Crippen LogP contribution < -0.4 is 0 Å². The summed E-state index contributed by atoms with van der Waals surface area (Å²) in [6, 6.07) is 16.5. The van der Waals surface area contributed by atoms with Crippen molar-refractivity contribution >= 4 is 34.2 Å². The first-order valence-corrected chi connectivity index (χ1v) is 6.19. The Morgan fingerprint density at radius 1 is 0.933 bits per heavy atom. The molecule has 0 heterocycles. The van der Waals surface area contributed by atoms with Gasteiger partial charge < -0.3 is 0 Å². The third-order valence-electron chi connectivity index (χ3n) is 2.27. The van der Waals surface area contributed by atoms with Crippen LogP contribution >= 0.6 is 34.2 Å². The van der Waals surface area contributed by atoms with Crippen LogP contribution in [0.3, 0.4) is 0 Å². The highest BCUT2D eigenvalue weighted by atomic mass is 127. The van der Waals surface area contributed by atoms with Crippen molar-refractivity contribution in [2.45, 2.75) is 6.42 Å². The molecule has 15 heavy (non-hydrogen) atoms. The standard InChI is InChI=1S/C13H10ClI/c14-13-4-2-1-3-11(13)9-10-5-7-12(15)8-6-10/h1-8H,9H2. The van der Waals surface area contributed by atoms with E-state index in [0.717, 1.165) is 11.4 Å². The molecule has 0 bridgehead atoms. The molecule has 0 aliphatic rings. The summed E-state index contributed by atoms with van der Waals surface area (Å²) in [5, 5.41) is 0.844. The summed E-state index contributed by atoms with van der Waals surface area (Å²) in [5.41, 5.74) is 2.48. The molecule has 0 spiro atoms. The third-order valence-corrected chi connectivity index (χ3v) is 3.35. The number of hydrogen-bond donors (Lipinski definition) is 0. The Bertz CT molecular complexity index is 448. The van der Waals surface area contributed by atoms with E-state index in [2.05, 4.69) is 52.9 Å². The quantitative estimate of drug-likeness (QED) is 0.710. The van der Waals surface area contributed by atoms with Crippen LogP contribution in [0.25, 0.3) is 0 Å². The van der Waals surface area contributed by atoms with Gasteiger partial charge >= 0.3 is 0 Å². The van der Waals surface area contributed by atoms with Crippen LogP contribution in [0.15, 0.2) is 48.5 Å². The molecule has 0 aromatic heterocycles. The highest BCUT2D eigenvalue weighted by Gasteiger charge is 2.00. The molecule has 0 amide bonds. The highest BCUT2D eigenvalue weighted by Crippen LogP contribution is 2.19. The molecule has 0 saturated heterocycles. The molecule has 76 valence electrons. The van der Waals surface area contributed by atoms with Gasteiger partial charge in [-0.2, -0.15) is 0 Å². The predicted molar refractivity (Wildman–Crippen MR) is 73.4 cm³/mol. The second-order valence-corrected chi connectivity index (χ2v) is 5.05. The summed E-state index contributed by atoms with van der Waals surface area (Å²) in [4.78, 5) is 0. The largest absolute Gasteiger partial charge is 0.0840 e. The van der Waals surface area contributed by atoms with E-state index in [1.54, 1.807) is 0 Å². The molecule has 2 aromatic carbocycles. The number of benzene rings is 2. The van der Waals surface area contributed by atoms with Gasteiger partial charge in [-0.1, -0.05) is 41.9 Å². The fourth-order valence-electron chi connectivity index (χ4n) is 1.46. The second-order valence-electron chi connectivity index (χ2n) is 3.39. The lowest BCUT2D eigenvalue weighted by Crippen LogP contribution is -1.88. The summed E-state index contributed by atoms with van der Waals surface area (Å²) in [6.07, 6.45) is 0.899. The average Bonchev–Trinajstić information content (AvgIpc) is 2.25. The van der Waals surface area contributed by atoms with Crippen molar-refractivity contribution < 1.29 is 0 Å². The number of hydrogen-bond acceptors (Lipinski definition) is 0. The first-order chi connectivity index (χ1) is 7.25. The molecular weight excluding hydrogens is 318 g/mol. The van der Waals surface area contributed by atoms with E-state index in [9.17, 15) is 0 Å². The summed E-state index contributed by atoms with van der Waals surface area (Å²) < 4.78 is 1.26. The van der Waals surface area contributed by atoms with E-state index in [0.29, 0.717) is 0 Å². The first-order valence-electron chi connectivity index (χ1n) is 4.73. The van der Waals surface area contributed by atoms with Crippen LogP contribution in [-0.2, 0) is 6.42 Å². The van der Waals surface area contributed by atoms with E-state index >= 15 is 0 Å². The topological polar surface area (TPSA) is 0 Å². The normalized spacial score (nSPS) is 10.3. The first kappa shape index (κ1) is 11.0. The summed E-state index contributed by atoms with van der Waals surface area (Å²) in [6.45, 7) is 0. The SMILES string of the molecule is Clc1ccccc1Cc1ccc(I)cc1. The van der Waals surface area contributed by atoms with Gasteiger partial charge in [0.25, 0.3) is 0 Å². The van der Waals surface area contributed by atoms with Crippen LogP contribution in [0.2, 0.25) is 5.02 Å². The molecule has 0 saturated carbocycles. The number of halogens is 2. The molecular formula is C13H10ClI. The van der Waals surface area contributed by atoms with E-state index in [1.165, 1.54) is 14.7 Å². The van der Waals surface area contributed by atoms with Crippen LogP contribution in [0.1, 0.15) is 11.1 Å². The molecule has 0 fully saturated rings. The lowest BCUT2D eigenvalue weighted by molar-refractivity contribution is 1.19. The zero-order chi connectivity index (χ0) is 10.7. The smallest absolute Gasteiger partial charge is 0.0441 e. The lowest BCUT2D eigenvalue weighted by atomic mass is 10.1. The molecule has 0 aliphatic carbocycles. The maximum atomic E-state index is 6.10. The molecule has 2 heteroatoms. The molecule has 2 aromatic rings. The minimum Gasteiger partial charge on any atom is -0.0840 e. The van der Waals surface area contributed by atoms with E-state index in [4.69, 9.17) is 11.6 Å². The minimum atomic E-state index is 0.844. The zero-order valence-electron chi connectivity index (χ0n) is 8.08. The second kappa shape index (κ2) is 4.99. The van der Waals surface area contributed by atoms with Crippen molar-refractivity contribution in [3.8, 4) is 0 Å². The Labute approximate surface area is 108 Å². The summed E-state index contributed by atoms with van der Waals surface area (Å²) in [5.74, 6) is 0. The monoisotopic (exact) mass is 328 g/mol. The Morgan fingerprint density at radius 2 is 1.60 bits per heavy atom. The van der Waals surface area contributed by atoms with Gasteiger partial charge in [0.2, 0.25) is 0 Å². The van der Waals surface area contributed by atoms with Crippen molar-refractivity contribution in [3.05, 3.63) is 68.3 Å². The third kappa shape index (κ3) is 2.95. The minimum absolute atomic E-state index is 0.844. The zero-order valence-corrected chi connectivity index (χ0v) is 11.0. The van der Waals surface area contributed by atoms with Gasteiger partial charge in [-0.05, 0) is 58.3 Å². The van der Waals surface area contributed by atoms with Gasteiger partial charge in [0.1, 0.15) is 0 Å². The number of rotatable bonds is 2. The Morgan fingerprint density at radius 3 is 2.27 bits per heavy atom. The summed E-state index contributed by atoms with van der Waals surface area (Å²) >= 11 is 8.41. The lowest BCUT2D eigenvalue weighted by Gasteiger charge is -2.04. The molecule has 0 radical (unpaired) electrons. The van der Waals surface area contributed by atoms with E-state index in [-0.39, 0.29) is 0 Å². The fraction of sp³-hybridized carbons (Fsp3) is 0.0769. The van der Waals surface area contributed by atoms with Gasteiger partial charge in [-0.15, -0.1) is 0 Å². The van der Waals surface area contributed by atoms with Crippen molar-refractivity contribution in [3.63, 3.8) is 0 Å². The van der Waals surface area contributed by atoms with E-state index in [1.807, 2.05) is 18.2 Å². The molecule has 0 atom stereocenters. The maximum Gasteiger partial charge on any atom is 0.0441 e. The molecule has 2 rings (SSSR count). The van der Waals surface area contributed by atoms with Crippen molar-refractivity contribution in [1.29, 1.82) is 0 Å². The predicted octanol–water partition coefficient (Wildman–Crippen LogP) is 4.54.